The van der Waals surface area contributed by atoms with Crippen molar-refractivity contribution in [3.8, 4) is 0 Å². The molecule has 0 aliphatic carbocycles. The number of carbonyl (C=O) groups excluding carboxylic acids is 1. The molecule has 0 radical (unpaired) electrons. The van der Waals surface area contributed by atoms with E-state index in [9.17, 15) is 4.79 Å². The van der Waals surface area contributed by atoms with Gasteiger partial charge in [-0.15, -0.1) is 23.5 Å². The van der Waals surface area contributed by atoms with E-state index in [1.165, 1.54) is 11.3 Å². The summed E-state index contributed by atoms with van der Waals surface area (Å²) >= 11 is 4.75. The van der Waals surface area contributed by atoms with Gasteiger partial charge in [-0.2, -0.15) is 0 Å². The van der Waals surface area contributed by atoms with Crippen molar-refractivity contribution in [3.63, 3.8) is 0 Å². The van der Waals surface area contributed by atoms with Crippen LogP contribution in [-0.4, -0.2) is 23.4 Å². The molecule has 0 fully saturated rings. The van der Waals surface area contributed by atoms with Crippen LogP contribution in [0.4, 0.5) is 5.13 Å². The SMILES string of the molecule is CSc1ccccc1C(=O)N(Cc1ccco1)c1nc2c(SC)cccc2s1. The number of amides is 1. The average Bonchev–Trinajstić information content (AvgIpc) is 3.40. The van der Waals surface area contributed by atoms with Gasteiger partial charge in [-0.1, -0.05) is 29.5 Å². The molecule has 7 heteroatoms. The summed E-state index contributed by atoms with van der Waals surface area (Å²) in [5.74, 6) is 0.644. The second kappa shape index (κ2) is 8.43. The Labute approximate surface area is 176 Å². The Morgan fingerprint density at radius 1 is 1.04 bits per heavy atom. The van der Waals surface area contributed by atoms with E-state index in [0.29, 0.717) is 17.2 Å². The summed E-state index contributed by atoms with van der Waals surface area (Å²) in [6, 6.07) is 17.5. The zero-order chi connectivity index (χ0) is 19.5. The Balaban J connectivity index is 1.81. The smallest absolute Gasteiger partial charge is 0.261 e. The normalized spacial score (nSPS) is 11.1. The number of hydrogen-bond donors (Lipinski definition) is 0. The van der Waals surface area contributed by atoms with Gasteiger partial charge in [-0.05, 0) is 48.9 Å². The van der Waals surface area contributed by atoms with E-state index in [1.54, 1.807) is 34.7 Å². The molecule has 142 valence electrons. The molecular formula is C21H18N2O2S3. The van der Waals surface area contributed by atoms with Crippen LogP contribution < -0.4 is 4.90 Å². The van der Waals surface area contributed by atoms with Crippen LogP contribution in [0, 0.1) is 0 Å². The molecule has 4 nitrogen and oxygen atoms in total. The third kappa shape index (κ3) is 3.70. The number of hydrogen-bond acceptors (Lipinski definition) is 6. The van der Waals surface area contributed by atoms with Gasteiger partial charge >= 0.3 is 0 Å². The Morgan fingerprint density at radius 2 is 1.82 bits per heavy atom. The summed E-state index contributed by atoms with van der Waals surface area (Å²) in [5, 5.41) is 0.675. The van der Waals surface area contributed by atoms with Crippen LogP contribution >= 0.6 is 34.9 Å². The maximum Gasteiger partial charge on any atom is 0.261 e. The molecule has 1 amide bonds. The fourth-order valence-electron chi connectivity index (χ4n) is 2.94. The van der Waals surface area contributed by atoms with Crippen molar-refractivity contribution in [1.29, 1.82) is 0 Å². The van der Waals surface area contributed by atoms with Gasteiger partial charge in [0, 0.05) is 9.79 Å². The van der Waals surface area contributed by atoms with Crippen molar-refractivity contribution in [2.75, 3.05) is 17.4 Å². The van der Waals surface area contributed by atoms with E-state index in [1.807, 2.05) is 61.0 Å². The fourth-order valence-corrected chi connectivity index (χ4v) is 5.15. The molecule has 0 aliphatic rings. The number of anilines is 1. The molecule has 0 N–H and O–H groups in total. The van der Waals surface area contributed by atoms with Gasteiger partial charge in [0.15, 0.2) is 5.13 Å². The van der Waals surface area contributed by atoms with Gasteiger partial charge in [0.25, 0.3) is 5.91 Å². The second-order valence-corrected chi connectivity index (χ2v) is 8.68. The molecule has 0 bridgehead atoms. The minimum Gasteiger partial charge on any atom is -0.467 e. The molecule has 0 unspecified atom stereocenters. The first-order chi connectivity index (χ1) is 13.7. The predicted octanol–water partition coefficient (Wildman–Crippen LogP) is 6.18. The number of thiazole rings is 1. The lowest BCUT2D eigenvalue weighted by atomic mass is 10.2. The minimum atomic E-state index is -0.0777. The maximum absolute atomic E-state index is 13.5. The first kappa shape index (κ1) is 19.1. The van der Waals surface area contributed by atoms with E-state index in [4.69, 9.17) is 9.40 Å². The first-order valence-electron chi connectivity index (χ1n) is 8.62. The van der Waals surface area contributed by atoms with E-state index < -0.39 is 0 Å². The Morgan fingerprint density at radius 3 is 2.57 bits per heavy atom. The van der Waals surface area contributed by atoms with Gasteiger partial charge in [0.05, 0.1) is 28.6 Å². The molecule has 0 aliphatic heterocycles. The highest BCUT2D eigenvalue weighted by molar-refractivity contribution is 7.99. The van der Waals surface area contributed by atoms with Crippen LogP contribution in [0.1, 0.15) is 16.1 Å². The van der Waals surface area contributed by atoms with Crippen molar-refractivity contribution in [2.24, 2.45) is 0 Å². The van der Waals surface area contributed by atoms with E-state index in [2.05, 4.69) is 6.07 Å². The number of nitrogens with zero attached hydrogens (tertiary/aromatic N) is 2. The zero-order valence-corrected chi connectivity index (χ0v) is 17.9. The average molecular weight is 427 g/mol. The summed E-state index contributed by atoms with van der Waals surface area (Å²) in [4.78, 5) is 22.1. The molecule has 2 heterocycles. The summed E-state index contributed by atoms with van der Waals surface area (Å²) in [7, 11) is 0. The third-order valence-electron chi connectivity index (χ3n) is 4.30. The van der Waals surface area contributed by atoms with Crippen molar-refractivity contribution >= 4 is 56.1 Å². The molecule has 4 aromatic rings. The third-order valence-corrected chi connectivity index (χ3v) is 6.91. The predicted molar refractivity (Wildman–Crippen MR) is 119 cm³/mol. The maximum atomic E-state index is 13.5. The van der Waals surface area contributed by atoms with E-state index in [-0.39, 0.29) is 5.91 Å². The molecule has 4 rings (SSSR count). The Kier molecular flexibility index (Phi) is 5.75. The van der Waals surface area contributed by atoms with E-state index in [0.717, 1.165) is 25.8 Å². The molecule has 28 heavy (non-hydrogen) atoms. The number of rotatable bonds is 6. The van der Waals surface area contributed by atoms with E-state index >= 15 is 0 Å². The number of para-hydroxylation sites is 1. The molecule has 0 spiro atoms. The standard InChI is InChI=1S/C21H18N2O2S3/c1-26-16-9-4-3-8-15(16)20(24)23(13-14-7-6-12-25-14)21-22-19-17(27-2)10-5-11-18(19)28-21/h3-12H,13H2,1-2H3. The summed E-state index contributed by atoms with van der Waals surface area (Å²) in [6.07, 6.45) is 5.64. The highest BCUT2D eigenvalue weighted by Gasteiger charge is 2.25. The van der Waals surface area contributed by atoms with Gasteiger partial charge in [-0.25, -0.2) is 4.98 Å². The van der Waals surface area contributed by atoms with Crippen molar-refractivity contribution in [2.45, 2.75) is 16.3 Å². The van der Waals surface area contributed by atoms with Gasteiger partial charge in [0.1, 0.15) is 5.76 Å². The van der Waals surface area contributed by atoms with Crippen LogP contribution in [0.25, 0.3) is 10.2 Å². The van der Waals surface area contributed by atoms with Crippen LogP contribution in [-0.2, 0) is 6.54 Å². The zero-order valence-electron chi connectivity index (χ0n) is 15.4. The topological polar surface area (TPSA) is 46.3 Å². The van der Waals surface area contributed by atoms with Crippen LogP contribution in [0.5, 0.6) is 0 Å². The minimum absolute atomic E-state index is 0.0777. The number of carbonyl (C=O) groups is 1. The molecule has 0 saturated heterocycles. The van der Waals surface area contributed by atoms with Crippen molar-refractivity contribution in [3.05, 3.63) is 72.2 Å². The highest BCUT2D eigenvalue weighted by Crippen LogP contribution is 2.36. The van der Waals surface area contributed by atoms with Crippen LogP contribution in [0.3, 0.4) is 0 Å². The lowest BCUT2D eigenvalue weighted by molar-refractivity contribution is 0.0980. The lowest BCUT2D eigenvalue weighted by Gasteiger charge is -2.20. The molecule has 2 aromatic heterocycles. The fraction of sp³-hybridized carbons (Fsp3) is 0.143. The largest absolute Gasteiger partial charge is 0.467 e. The van der Waals surface area contributed by atoms with Crippen molar-refractivity contribution in [1.82, 2.24) is 4.98 Å². The molecule has 0 saturated carbocycles. The number of aromatic nitrogens is 1. The van der Waals surface area contributed by atoms with Gasteiger partial charge in [-0.3, -0.25) is 9.69 Å². The highest BCUT2D eigenvalue weighted by atomic mass is 32.2. The van der Waals surface area contributed by atoms with Crippen LogP contribution in [0.15, 0.2) is 75.1 Å². The molecule has 0 atom stereocenters. The van der Waals surface area contributed by atoms with Crippen molar-refractivity contribution < 1.29 is 9.21 Å². The second-order valence-electron chi connectivity index (χ2n) is 5.97. The molecular weight excluding hydrogens is 408 g/mol. The van der Waals surface area contributed by atoms with Crippen LogP contribution in [0.2, 0.25) is 0 Å². The Hall–Kier alpha value is -2.22. The van der Waals surface area contributed by atoms with Gasteiger partial charge < -0.3 is 4.42 Å². The van der Waals surface area contributed by atoms with Gasteiger partial charge in [0.2, 0.25) is 0 Å². The number of thioether (sulfide) groups is 2. The molecule has 2 aromatic carbocycles. The number of fused-ring (bicyclic) bond motifs is 1. The quantitative estimate of drug-likeness (QED) is 0.345. The lowest BCUT2D eigenvalue weighted by Crippen LogP contribution is -2.30. The first-order valence-corrected chi connectivity index (χ1v) is 11.9. The summed E-state index contributed by atoms with van der Waals surface area (Å²) < 4.78 is 6.59. The number of furan rings is 1. The monoisotopic (exact) mass is 426 g/mol. The summed E-state index contributed by atoms with van der Waals surface area (Å²) in [6.45, 7) is 0.336. The Bertz CT molecular complexity index is 1110. The number of benzene rings is 2. The summed E-state index contributed by atoms with van der Waals surface area (Å²) in [5.41, 5.74) is 1.61.